The first-order chi connectivity index (χ1) is 7.65. The molecule has 0 heterocycles. The van der Waals surface area contributed by atoms with Crippen molar-refractivity contribution in [2.45, 2.75) is 13.3 Å². The first kappa shape index (κ1) is 12.6. The zero-order chi connectivity index (χ0) is 12.0. The Bertz CT molecular complexity index is 349. The molecule has 1 amide bonds. The molecule has 0 fully saturated rings. The van der Waals surface area contributed by atoms with Crippen LogP contribution < -0.4 is 10.6 Å². The maximum absolute atomic E-state index is 13.1. The lowest BCUT2D eigenvalue weighted by atomic mass is 10.2. The van der Waals surface area contributed by atoms with Gasteiger partial charge in [-0.05, 0) is 18.7 Å². The van der Waals surface area contributed by atoms with Gasteiger partial charge >= 0.3 is 0 Å². The van der Waals surface area contributed by atoms with Crippen LogP contribution >= 0.6 is 0 Å². The minimum atomic E-state index is -0.767. The number of amides is 1. The van der Waals surface area contributed by atoms with Crippen molar-refractivity contribution in [3.63, 3.8) is 0 Å². The number of anilines is 1. The maximum atomic E-state index is 13.1. The number of carbonyl (C=O) groups is 1. The highest BCUT2D eigenvalue weighted by Crippen LogP contribution is 2.17. The van der Waals surface area contributed by atoms with E-state index in [-0.39, 0.29) is 12.1 Å². The summed E-state index contributed by atoms with van der Waals surface area (Å²) in [7, 11) is 0. The van der Waals surface area contributed by atoms with Gasteiger partial charge in [0.05, 0.1) is 0 Å². The van der Waals surface area contributed by atoms with Crippen LogP contribution in [0.2, 0.25) is 0 Å². The molecule has 0 saturated heterocycles. The van der Waals surface area contributed by atoms with Gasteiger partial charge < -0.3 is 10.6 Å². The van der Waals surface area contributed by atoms with Gasteiger partial charge in [-0.3, -0.25) is 4.79 Å². The lowest BCUT2D eigenvalue weighted by Crippen LogP contribution is -2.22. The molecule has 3 nitrogen and oxygen atoms in total. The molecule has 0 unspecified atom stereocenters. The quantitative estimate of drug-likeness (QED) is 0.756. The van der Waals surface area contributed by atoms with Crippen LogP contribution in [-0.2, 0) is 4.79 Å². The molecule has 0 radical (unpaired) electrons. The number of rotatable bonds is 5. The third-order valence-electron chi connectivity index (χ3n) is 2.01. The summed E-state index contributed by atoms with van der Waals surface area (Å²) in [5, 5.41) is 5.15. The second-order valence-corrected chi connectivity index (χ2v) is 3.25. The van der Waals surface area contributed by atoms with E-state index < -0.39 is 17.5 Å². The van der Waals surface area contributed by atoms with Gasteiger partial charge in [0.25, 0.3) is 0 Å². The molecule has 0 bridgehead atoms. The molecule has 0 aliphatic rings. The molecule has 1 rings (SSSR count). The molecular weight excluding hydrogens is 214 g/mol. The molecular formula is C11H14F2N2O. The highest BCUT2D eigenvalue weighted by atomic mass is 19.1. The van der Waals surface area contributed by atoms with Gasteiger partial charge in [-0.15, -0.1) is 0 Å². The van der Waals surface area contributed by atoms with E-state index in [1.165, 1.54) is 6.07 Å². The third-order valence-corrected chi connectivity index (χ3v) is 2.01. The van der Waals surface area contributed by atoms with E-state index in [1.807, 2.05) is 6.92 Å². The maximum Gasteiger partial charge on any atom is 0.225 e. The molecule has 1 aromatic carbocycles. The van der Waals surface area contributed by atoms with Gasteiger partial charge in [0.2, 0.25) is 5.91 Å². The lowest BCUT2D eigenvalue weighted by Gasteiger charge is -2.07. The predicted molar refractivity (Wildman–Crippen MR) is 58.1 cm³/mol. The van der Waals surface area contributed by atoms with Crippen molar-refractivity contribution < 1.29 is 13.6 Å². The number of benzene rings is 1. The van der Waals surface area contributed by atoms with Gasteiger partial charge in [-0.2, -0.15) is 0 Å². The smallest absolute Gasteiger partial charge is 0.225 e. The van der Waals surface area contributed by atoms with Gasteiger partial charge in [0.1, 0.15) is 17.3 Å². The minimum absolute atomic E-state index is 0.182. The van der Waals surface area contributed by atoms with E-state index >= 15 is 0 Å². The van der Waals surface area contributed by atoms with Gasteiger partial charge in [-0.25, -0.2) is 8.78 Å². The van der Waals surface area contributed by atoms with Gasteiger partial charge in [-0.1, -0.05) is 13.0 Å². The molecule has 0 aromatic heterocycles. The number of hydrogen-bond donors (Lipinski definition) is 2. The summed E-state index contributed by atoms with van der Waals surface area (Å²) in [4.78, 5) is 11.3. The van der Waals surface area contributed by atoms with Crippen molar-refractivity contribution in [3.05, 3.63) is 29.8 Å². The zero-order valence-corrected chi connectivity index (χ0v) is 9.02. The van der Waals surface area contributed by atoms with E-state index in [0.29, 0.717) is 6.54 Å². The molecule has 16 heavy (non-hydrogen) atoms. The Labute approximate surface area is 92.8 Å². The largest absolute Gasteiger partial charge is 0.321 e. The van der Waals surface area contributed by atoms with Crippen LogP contribution in [0, 0.1) is 11.6 Å². The zero-order valence-electron chi connectivity index (χ0n) is 9.02. The first-order valence-electron chi connectivity index (χ1n) is 5.09. The second kappa shape index (κ2) is 6.17. The Morgan fingerprint density at radius 3 is 2.50 bits per heavy atom. The summed E-state index contributed by atoms with van der Waals surface area (Å²) in [6.07, 6.45) is 0.182. The number of para-hydroxylation sites is 1. The van der Waals surface area contributed by atoms with Crippen LogP contribution in [0.25, 0.3) is 0 Å². The average Bonchev–Trinajstić information content (AvgIpc) is 2.24. The number of carbonyl (C=O) groups excluding carboxylic acids is 1. The van der Waals surface area contributed by atoms with Crippen LogP contribution in [0.5, 0.6) is 0 Å². The standard InChI is InChI=1S/C11H14F2N2O/c1-2-14-7-6-10(16)15-11-8(12)4-3-5-9(11)13/h3-5,14H,2,6-7H2,1H3,(H,15,16). The highest BCUT2D eigenvalue weighted by molar-refractivity contribution is 5.91. The molecule has 0 aliphatic carbocycles. The molecule has 1 aromatic rings. The van der Waals surface area contributed by atoms with Gasteiger partial charge in [0, 0.05) is 13.0 Å². The molecule has 0 saturated carbocycles. The fourth-order valence-corrected chi connectivity index (χ4v) is 1.20. The van der Waals surface area contributed by atoms with Crippen LogP contribution in [0.3, 0.4) is 0 Å². The van der Waals surface area contributed by atoms with E-state index in [9.17, 15) is 13.6 Å². The molecule has 0 atom stereocenters. The molecule has 2 N–H and O–H groups in total. The number of halogens is 2. The van der Waals surface area contributed by atoms with E-state index in [2.05, 4.69) is 10.6 Å². The van der Waals surface area contributed by atoms with Crippen LogP contribution in [0.4, 0.5) is 14.5 Å². The highest BCUT2D eigenvalue weighted by Gasteiger charge is 2.10. The second-order valence-electron chi connectivity index (χ2n) is 3.25. The topological polar surface area (TPSA) is 41.1 Å². The lowest BCUT2D eigenvalue weighted by molar-refractivity contribution is -0.116. The van der Waals surface area contributed by atoms with E-state index in [4.69, 9.17) is 0 Å². The molecule has 0 spiro atoms. The van der Waals surface area contributed by atoms with Crippen molar-refractivity contribution in [1.82, 2.24) is 5.32 Å². The third kappa shape index (κ3) is 3.58. The van der Waals surface area contributed by atoms with Crippen LogP contribution in [0.1, 0.15) is 13.3 Å². The summed E-state index contributed by atoms with van der Waals surface area (Å²) in [5.74, 6) is -1.95. The number of hydrogen-bond acceptors (Lipinski definition) is 2. The van der Waals surface area contributed by atoms with Crippen molar-refractivity contribution in [2.75, 3.05) is 18.4 Å². The Morgan fingerprint density at radius 1 is 1.31 bits per heavy atom. The predicted octanol–water partition coefficient (Wildman–Crippen LogP) is 1.90. The summed E-state index contributed by atoms with van der Waals surface area (Å²) >= 11 is 0. The fraction of sp³-hybridized carbons (Fsp3) is 0.364. The summed E-state index contributed by atoms with van der Waals surface area (Å²) in [6.45, 7) is 3.15. The average molecular weight is 228 g/mol. The summed E-state index contributed by atoms with van der Waals surface area (Å²) in [6, 6.07) is 3.45. The van der Waals surface area contributed by atoms with E-state index in [1.54, 1.807) is 0 Å². The monoisotopic (exact) mass is 228 g/mol. The van der Waals surface area contributed by atoms with Crippen molar-refractivity contribution in [2.24, 2.45) is 0 Å². The number of nitrogens with one attached hydrogen (secondary N) is 2. The van der Waals surface area contributed by atoms with Crippen molar-refractivity contribution >= 4 is 11.6 Å². The Morgan fingerprint density at radius 2 is 1.94 bits per heavy atom. The molecule has 0 aliphatic heterocycles. The van der Waals surface area contributed by atoms with Crippen LogP contribution in [0.15, 0.2) is 18.2 Å². The van der Waals surface area contributed by atoms with Crippen LogP contribution in [-0.4, -0.2) is 19.0 Å². The summed E-state index contributed by atoms with van der Waals surface area (Å²) < 4.78 is 26.3. The van der Waals surface area contributed by atoms with Gasteiger partial charge in [0.15, 0.2) is 0 Å². The Kier molecular flexibility index (Phi) is 4.85. The van der Waals surface area contributed by atoms with Crippen molar-refractivity contribution in [3.8, 4) is 0 Å². The first-order valence-corrected chi connectivity index (χ1v) is 5.09. The molecule has 88 valence electrons. The molecule has 5 heteroatoms. The van der Waals surface area contributed by atoms with Crippen molar-refractivity contribution in [1.29, 1.82) is 0 Å². The Balaban J connectivity index is 2.56. The SMILES string of the molecule is CCNCCC(=O)Nc1c(F)cccc1F. The normalized spacial score (nSPS) is 10.2. The summed E-state index contributed by atoms with van der Waals surface area (Å²) in [5.41, 5.74) is -0.385. The minimum Gasteiger partial charge on any atom is -0.321 e. The van der Waals surface area contributed by atoms with E-state index in [0.717, 1.165) is 18.7 Å². The fourth-order valence-electron chi connectivity index (χ4n) is 1.20. The Hall–Kier alpha value is -1.49.